The van der Waals surface area contributed by atoms with Crippen LogP contribution in [0.2, 0.25) is 0 Å². The van der Waals surface area contributed by atoms with E-state index in [1.165, 1.54) is 18.0 Å². The second-order valence-corrected chi connectivity index (χ2v) is 5.95. The third-order valence-electron chi connectivity index (χ3n) is 3.74. The summed E-state index contributed by atoms with van der Waals surface area (Å²) in [7, 11) is 0. The van der Waals surface area contributed by atoms with Gasteiger partial charge < -0.3 is 15.1 Å². The molecule has 1 aromatic carbocycles. The van der Waals surface area contributed by atoms with Crippen LogP contribution < -0.4 is 10.6 Å². The fourth-order valence-electron chi connectivity index (χ4n) is 2.28. The molecule has 0 radical (unpaired) electrons. The van der Waals surface area contributed by atoms with Gasteiger partial charge in [0.15, 0.2) is 0 Å². The molecule has 0 fully saturated rings. The summed E-state index contributed by atoms with van der Waals surface area (Å²) in [6.45, 7) is 4.63. The number of hydrogen-bond acceptors (Lipinski definition) is 5. The number of amides is 1. The molecule has 0 atom stereocenters. The number of hydrogen-bond donors (Lipinski definition) is 2. The summed E-state index contributed by atoms with van der Waals surface area (Å²) in [5.74, 6) is 1.47. The van der Waals surface area contributed by atoms with Crippen molar-refractivity contribution in [3.8, 4) is 0 Å². The molecule has 1 amide bonds. The fourth-order valence-corrected chi connectivity index (χ4v) is 2.28. The first-order chi connectivity index (χ1) is 12.1. The predicted molar refractivity (Wildman–Crippen MR) is 95.7 cm³/mol. The summed E-state index contributed by atoms with van der Waals surface area (Å²) < 4.78 is 5.17. The van der Waals surface area contributed by atoms with Crippen LogP contribution in [0, 0.1) is 0 Å². The molecule has 0 unspecified atom stereocenters. The summed E-state index contributed by atoms with van der Waals surface area (Å²) in [6, 6.07) is 11.7. The number of aromatic nitrogens is 2. The van der Waals surface area contributed by atoms with Crippen molar-refractivity contribution < 1.29 is 9.21 Å². The van der Waals surface area contributed by atoms with Gasteiger partial charge in [-0.3, -0.25) is 4.79 Å². The Bertz CT molecular complexity index is 810. The maximum atomic E-state index is 12.0. The van der Waals surface area contributed by atoms with Crippen molar-refractivity contribution in [3.63, 3.8) is 0 Å². The number of nitrogens with zero attached hydrogens (tertiary/aromatic N) is 2. The van der Waals surface area contributed by atoms with E-state index < -0.39 is 0 Å². The summed E-state index contributed by atoms with van der Waals surface area (Å²) in [5, 5.41) is 5.90. The topological polar surface area (TPSA) is 80.0 Å². The molecule has 0 saturated heterocycles. The zero-order valence-corrected chi connectivity index (χ0v) is 14.2. The van der Waals surface area contributed by atoms with Crippen molar-refractivity contribution >= 4 is 17.4 Å². The first-order valence-corrected chi connectivity index (χ1v) is 8.11. The number of rotatable bonds is 6. The van der Waals surface area contributed by atoms with Crippen LogP contribution >= 0.6 is 0 Å². The summed E-state index contributed by atoms with van der Waals surface area (Å²) in [6.07, 6.45) is 4.55. The van der Waals surface area contributed by atoms with Crippen molar-refractivity contribution in [2.24, 2.45) is 0 Å². The lowest BCUT2D eigenvalue weighted by Crippen LogP contribution is -2.23. The minimum Gasteiger partial charge on any atom is -0.467 e. The quantitative estimate of drug-likeness (QED) is 0.714. The highest BCUT2D eigenvalue weighted by Crippen LogP contribution is 2.19. The van der Waals surface area contributed by atoms with E-state index >= 15 is 0 Å². The van der Waals surface area contributed by atoms with E-state index in [9.17, 15) is 4.79 Å². The van der Waals surface area contributed by atoms with Gasteiger partial charge in [0.05, 0.1) is 25.2 Å². The molecule has 0 bridgehead atoms. The number of benzene rings is 1. The lowest BCUT2D eigenvalue weighted by atomic mass is 10.0. The molecule has 2 heterocycles. The number of furan rings is 1. The van der Waals surface area contributed by atoms with E-state index in [0.717, 1.165) is 5.69 Å². The molecule has 0 spiro atoms. The molecule has 3 rings (SSSR count). The van der Waals surface area contributed by atoms with Crippen LogP contribution in [-0.4, -0.2) is 15.9 Å². The van der Waals surface area contributed by atoms with E-state index in [1.807, 2.05) is 12.1 Å². The third kappa shape index (κ3) is 4.44. The summed E-state index contributed by atoms with van der Waals surface area (Å²) in [4.78, 5) is 20.4. The van der Waals surface area contributed by atoms with Crippen LogP contribution in [0.15, 0.2) is 59.5 Å². The highest BCUT2D eigenvalue weighted by Gasteiger charge is 2.09. The van der Waals surface area contributed by atoms with Crippen molar-refractivity contribution in [2.75, 3.05) is 5.32 Å². The number of carbonyl (C=O) groups excluding carboxylic acids is 1. The van der Waals surface area contributed by atoms with Gasteiger partial charge in [0, 0.05) is 5.69 Å². The summed E-state index contributed by atoms with van der Waals surface area (Å²) in [5.41, 5.74) is 2.46. The van der Waals surface area contributed by atoms with Gasteiger partial charge in [-0.2, -0.15) is 0 Å². The number of carbonyl (C=O) groups is 1. The first kappa shape index (κ1) is 16.7. The van der Waals surface area contributed by atoms with Gasteiger partial charge in [0.1, 0.15) is 17.3 Å². The van der Waals surface area contributed by atoms with Gasteiger partial charge in [0.25, 0.3) is 5.91 Å². The van der Waals surface area contributed by atoms with Crippen LogP contribution in [0.3, 0.4) is 0 Å². The second-order valence-electron chi connectivity index (χ2n) is 5.95. The van der Waals surface area contributed by atoms with Crippen molar-refractivity contribution in [3.05, 3.63) is 72.1 Å². The van der Waals surface area contributed by atoms with E-state index in [0.29, 0.717) is 24.0 Å². The fraction of sp³-hybridized carbons (Fsp3) is 0.211. The van der Waals surface area contributed by atoms with E-state index in [4.69, 9.17) is 4.42 Å². The monoisotopic (exact) mass is 336 g/mol. The lowest BCUT2D eigenvalue weighted by molar-refractivity contribution is 0.0942. The van der Waals surface area contributed by atoms with Crippen molar-refractivity contribution in [2.45, 2.75) is 26.3 Å². The Morgan fingerprint density at radius 1 is 1.12 bits per heavy atom. The average molecular weight is 336 g/mol. The largest absolute Gasteiger partial charge is 0.467 e. The highest BCUT2D eigenvalue weighted by molar-refractivity contribution is 5.91. The molecule has 6 nitrogen and oxygen atoms in total. The Balaban J connectivity index is 1.58. The van der Waals surface area contributed by atoms with Gasteiger partial charge in [-0.05, 0) is 35.7 Å². The Kier molecular flexibility index (Phi) is 5.09. The molecule has 128 valence electrons. The average Bonchev–Trinajstić information content (AvgIpc) is 3.14. The Labute approximate surface area is 146 Å². The van der Waals surface area contributed by atoms with Gasteiger partial charge in [-0.1, -0.05) is 26.0 Å². The van der Waals surface area contributed by atoms with E-state index in [2.05, 4.69) is 46.6 Å². The van der Waals surface area contributed by atoms with Crippen LogP contribution in [0.1, 0.15) is 41.6 Å². The Morgan fingerprint density at radius 3 is 2.52 bits per heavy atom. The number of anilines is 2. The van der Waals surface area contributed by atoms with Crippen LogP contribution in [0.4, 0.5) is 11.5 Å². The molecular weight excluding hydrogens is 316 g/mol. The molecular formula is C19H20N4O2. The molecule has 0 aliphatic carbocycles. The maximum absolute atomic E-state index is 12.0. The predicted octanol–water partition coefficient (Wildman–Crippen LogP) is 3.87. The highest BCUT2D eigenvalue weighted by atomic mass is 16.3. The van der Waals surface area contributed by atoms with Gasteiger partial charge >= 0.3 is 0 Å². The number of nitrogens with one attached hydrogen (secondary N) is 2. The minimum atomic E-state index is -0.295. The molecule has 2 aromatic heterocycles. The smallest absolute Gasteiger partial charge is 0.271 e. The molecule has 3 aromatic rings. The second kappa shape index (κ2) is 7.61. The minimum absolute atomic E-state index is 0.257. The van der Waals surface area contributed by atoms with Crippen LogP contribution in [0.5, 0.6) is 0 Å². The van der Waals surface area contributed by atoms with E-state index in [1.54, 1.807) is 18.4 Å². The van der Waals surface area contributed by atoms with Gasteiger partial charge in [-0.15, -0.1) is 0 Å². The van der Waals surface area contributed by atoms with Gasteiger partial charge in [0.2, 0.25) is 0 Å². The Morgan fingerprint density at radius 2 is 1.92 bits per heavy atom. The SMILES string of the molecule is CC(C)c1ccc(Nc2cnc(C(=O)NCc3ccco3)cn2)cc1. The lowest BCUT2D eigenvalue weighted by Gasteiger charge is -2.09. The van der Waals surface area contributed by atoms with E-state index in [-0.39, 0.29) is 11.6 Å². The molecule has 0 saturated carbocycles. The molecule has 0 aliphatic heterocycles. The van der Waals surface area contributed by atoms with Crippen LogP contribution in [-0.2, 0) is 6.54 Å². The first-order valence-electron chi connectivity index (χ1n) is 8.11. The standard InChI is InChI=1S/C19H20N4O2/c1-13(2)14-5-7-15(8-6-14)23-18-12-20-17(11-21-18)19(24)22-10-16-4-3-9-25-16/h3-9,11-13H,10H2,1-2H3,(H,21,23)(H,22,24). The third-order valence-corrected chi connectivity index (χ3v) is 3.74. The molecule has 25 heavy (non-hydrogen) atoms. The molecule has 2 N–H and O–H groups in total. The molecule has 0 aliphatic rings. The van der Waals surface area contributed by atoms with Crippen molar-refractivity contribution in [1.29, 1.82) is 0 Å². The maximum Gasteiger partial charge on any atom is 0.271 e. The summed E-state index contributed by atoms with van der Waals surface area (Å²) >= 11 is 0. The van der Waals surface area contributed by atoms with Crippen molar-refractivity contribution in [1.82, 2.24) is 15.3 Å². The normalized spacial score (nSPS) is 10.7. The molecule has 6 heteroatoms. The zero-order valence-electron chi connectivity index (χ0n) is 14.2. The van der Waals surface area contributed by atoms with Gasteiger partial charge in [-0.25, -0.2) is 9.97 Å². The Hall–Kier alpha value is -3.15. The van der Waals surface area contributed by atoms with Crippen LogP contribution in [0.25, 0.3) is 0 Å². The zero-order chi connectivity index (χ0) is 17.6.